The molecule has 0 aliphatic carbocycles. The largest absolute Gasteiger partial charge is 0.260 e. The van der Waals surface area contributed by atoms with Crippen LogP contribution >= 0.6 is 0 Å². The first-order valence-electron chi connectivity index (χ1n) is 3.80. The first-order valence-corrected chi connectivity index (χ1v) is 3.80. The van der Waals surface area contributed by atoms with Gasteiger partial charge in [0.1, 0.15) is 0 Å². The van der Waals surface area contributed by atoms with E-state index < -0.39 is 0 Å². The number of hydrogen-bond donors (Lipinski definition) is 0. The van der Waals surface area contributed by atoms with Gasteiger partial charge in [0.05, 0.1) is 5.69 Å². The molecule has 2 rings (SSSR count). The third kappa shape index (κ3) is 1.07. The Hall–Kier alpha value is -1.37. The summed E-state index contributed by atoms with van der Waals surface area (Å²) in [6.45, 7) is 5.43. The van der Waals surface area contributed by atoms with Crippen LogP contribution in [0.5, 0.6) is 0 Å². The number of aromatic nitrogens is 1. The highest BCUT2D eigenvalue weighted by Gasteiger charge is 1.97. The normalized spacial score (nSPS) is 10.4. The van der Waals surface area contributed by atoms with Crippen LogP contribution < -0.4 is 0 Å². The minimum Gasteiger partial charge on any atom is -0.260 e. The summed E-state index contributed by atoms with van der Waals surface area (Å²) in [6, 6.07) is 10.0. The number of nitrogens with zero attached hydrogens (tertiary/aromatic N) is 1. The molecule has 3 radical (unpaired) electrons. The lowest BCUT2D eigenvalue weighted by atomic mass is 10.1. The highest BCUT2D eigenvalue weighted by molar-refractivity contribution is 5.85. The maximum Gasteiger partial charge on any atom is 0.0522 e. The average molecular weight is 154 g/mol. The molecule has 57 valence electrons. The molecule has 0 unspecified atom stereocenters. The lowest BCUT2D eigenvalue weighted by Gasteiger charge is -2.00. The van der Waals surface area contributed by atoms with Crippen LogP contribution in [0.4, 0.5) is 0 Å². The molecule has 0 spiro atoms. The van der Waals surface area contributed by atoms with Crippen molar-refractivity contribution in [2.45, 2.75) is 0 Å². The molecule has 1 heterocycles. The van der Waals surface area contributed by atoms with Crippen LogP contribution in [0.1, 0.15) is 5.69 Å². The van der Waals surface area contributed by atoms with E-state index in [4.69, 9.17) is 6.92 Å². The Morgan fingerprint density at radius 1 is 1.17 bits per heavy atom. The highest BCUT2D eigenvalue weighted by Crippen LogP contribution is 2.16. The van der Waals surface area contributed by atoms with Crippen LogP contribution in [0.3, 0.4) is 0 Å². The number of hydrogen-bond acceptors (Lipinski definition) is 1. The predicted octanol–water partition coefficient (Wildman–Crippen LogP) is 2.50. The van der Waals surface area contributed by atoms with Crippen LogP contribution in [0, 0.1) is 13.3 Å². The van der Waals surface area contributed by atoms with E-state index in [2.05, 4.69) is 4.98 Å². The van der Waals surface area contributed by atoms with E-state index in [1.807, 2.05) is 30.3 Å². The van der Waals surface area contributed by atoms with Crippen LogP contribution in [-0.2, 0) is 0 Å². The average Bonchev–Trinajstić information content (AvgIpc) is 2.17. The Balaban J connectivity index is 2.79. The molecule has 0 amide bonds. The van der Waals surface area contributed by atoms with Crippen molar-refractivity contribution in [3.05, 3.63) is 55.6 Å². The summed E-state index contributed by atoms with van der Waals surface area (Å²) in [5, 5.41) is 2.27. The second-order valence-corrected chi connectivity index (χ2v) is 2.58. The Labute approximate surface area is 72.1 Å². The van der Waals surface area contributed by atoms with Crippen LogP contribution in [0.15, 0.2) is 36.5 Å². The fourth-order valence-electron chi connectivity index (χ4n) is 1.28. The molecule has 0 fully saturated rings. The van der Waals surface area contributed by atoms with Gasteiger partial charge < -0.3 is 0 Å². The minimum absolute atomic E-state index is 0.841. The number of rotatable bonds is 1. The SMILES string of the molecule is [CH][CH]c1nccc2ccccc12. The van der Waals surface area contributed by atoms with E-state index in [9.17, 15) is 0 Å². The molecule has 0 atom stereocenters. The highest BCUT2D eigenvalue weighted by atomic mass is 14.7. The van der Waals surface area contributed by atoms with Gasteiger partial charge in [-0.05, 0) is 18.4 Å². The quantitative estimate of drug-likeness (QED) is 0.615. The predicted molar refractivity (Wildman–Crippen MR) is 49.4 cm³/mol. The van der Waals surface area contributed by atoms with E-state index in [0.717, 1.165) is 11.1 Å². The van der Waals surface area contributed by atoms with Crippen molar-refractivity contribution in [2.24, 2.45) is 0 Å². The molecule has 1 heteroatoms. The molecule has 12 heavy (non-hydrogen) atoms. The van der Waals surface area contributed by atoms with Crippen molar-refractivity contribution >= 4 is 10.8 Å². The van der Waals surface area contributed by atoms with Gasteiger partial charge in [0.25, 0.3) is 0 Å². The second-order valence-electron chi connectivity index (χ2n) is 2.58. The standard InChI is InChI=1S/C11H8N/c1-2-11-10-6-4-3-5-9(10)7-8-12-11/h1-8H. The maximum absolute atomic E-state index is 5.43. The lowest BCUT2D eigenvalue weighted by Crippen LogP contribution is -1.85. The van der Waals surface area contributed by atoms with E-state index in [1.165, 1.54) is 11.8 Å². The Kier molecular flexibility index (Phi) is 1.78. The smallest absolute Gasteiger partial charge is 0.0522 e. The minimum atomic E-state index is 0.841. The van der Waals surface area contributed by atoms with Crippen LogP contribution in [0.2, 0.25) is 0 Å². The van der Waals surface area contributed by atoms with Gasteiger partial charge in [-0.2, -0.15) is 0 Å². The second kappa shape index (κ2) is 2.94. The molecule has 0 N–H and O–H groups in total. The molecule has 1 aromatic carbocycles. The summed E-state index contributed by atoms with van der Waals surface area (Å²) in [5.41, 5.74) is 0.841. The number of pyridine rings is 1. The van der Waals surface area contributed by atoms with Gasteiger partial charge in [0, 0.05) is 18.0 Å². The topological polar surface area (TPSA) is 12.9 Å². The van der Waals surface area contributed by atoms with Crippen LogP contribution in [0.25, 0.3) is 10.8 Å². The monoisotopic (exact) mass is 154 g/mol. The molecule has 0 aliphatic rings. The van der Waals surface area contributed by atoms with Gasteiger partial charge in [-0.3, -0.25) is 4.98 Å². The molecular weight excluding hydrogens is 146 g/mol. The van der Waals surface area contributed by atoms with Crippen molar-refractivity contribution in [3.8, 4) is 0 Å². The zero-order valence-electron chi connectivity index (χ0n) is 6.57. The van der Waals surface area contributed by atoms with E-state index >= 15 is 0 Å². The summed E-state index contributed by atoms with van der Waals surface area (Å²) < 4.78 is 0. The van der Waals surface area contributed by atoms with Gasteiger partial charge in [-0.1, -0.05) is 24.3 Å². The molecule has 0 bridgehead atoms. The van der Waals surface area contributed by atoms with Crippen molar-refractivity contribution in [1.82, 2.24) is 4.98 Å². The third-order valence-corrected chi connectivity index (χ3v) is 1.86. The molecule has 0 aliphatic heterocycles. The van der Waals surface area contributed by atoms with Gasteiger partial charge in [-0.15, -0.1) is 0 Å². The molecule has 1 nitrogen and oxygen atoms in total. The third-order valence-electron chi connectivity index (χ3n) is 1.86. The van der Waals surface area contributed by atoms with Gasteiger partial charge in [-0.25, -0.2) is 0 Å². The molecule has 2 aromatic rings. The molecule has 0 saturated heterocycles. The van der Waals surface area contributed by atoms with E-state index in [-0.39, 0.29) is 0 Å². The zero-order chi connectivity index (χ0) is 8.39. The van der Waals surface area contributed by atoms with E-state index in [1.54, 1.807) is 6.20 Å². The fraction of sp³-hybridized carbons (Fsp3) is 0. The lowest BCUT2D eigenvalue weighted by molar-refractivity contribution is 1.27. The van der Waals surface area contributed by atoms with Crippen molar-refractivity contribution in [2.75, 3.05) is 0 Å². The van der Waals surface area contributed by atoms with Crippen LogP contribution in [-0.4, -0.2) is 4.98 Å². The fourth-order valence-corrected chi connectivity index (χ4v) is 1.28. The van der Waals surface area contributed by atoms with E-state index in [0.29, 0.717) is 0 Å². The number of fused-ring (bicyclic) bond motifs is 1. The summed E-state index contributed by atoms with van der Waals surface area (Å²) in [7, 11) is 0. The zero-order valence-corrected chi connectivity index (χ0v) is 6.57. The Morgan fingerprint density at radius 2 is 2.00 bits per heavy atom. The van der Waals surface area contributed by atoms with Crippen molar-refractivity contribution in [1.29, 1.82) is 0 Å². The first kappa shape index (κ1) is 7.29. The van der Waals surface area contributed by atoms with Crippen molar-refractivity contribution < 1.29 is 0 Å². The summed E-state index contributed by atoms with van der Waals surface area (Å²) >= 11 is 0. The molecule has 1 aromatic heterocycles. The maximum atomic E-state index is 5.43. The van der Waals surface area contributed by atoms with Gasteiger partial charge in [0.15, 0.2) is 0 Å². The Morgan fingerprint density at radius 3 is 2.83 bits per heavy atom. The summed E-state index contributed by atoms with van der Waals surface area (Å²) in [5.74, 6) is 0. The summed E-state index contributed by atoms with van der Waals surface area (Å²) in [6.07, 6.45) is 3.30. The number of benzene rings is 1. The summed E-state index contributed by atoms with van der Waals surface area (Å²) in [4.78, 5) is 4.14. The Bertz CT molecular complexity index is 388. The molecule has 0 saturated carbocycles. The van der Waals surface area contributed by atoms with Crippen molar-refractivity contribution in [3.63, 3.8) is 0 Å². The first-order chi connectivity index (χ1) is 5.92. The molecular formula is C11H8N. The van der Waals surface area contributed by atoms with Gasteiger partial charge >= 0.3 is 0 Å². The van der Waals surface area contributed by atoms with Gasteiger partial charge in [0.2, 0.25) is 0 Å².